The number of alkyl halides is 1. The van der Waals surface area contributed by atoms with Crippen LogP contribution >= 0.6 is 11.6 Å². The normalized spacial score (nSPS) is 16.9. The molecule has 21 heavy (non-hydrogen) atoms. The van der Waals surface area contributed by atoms with Gasteiger partial charge in [-0.05, 0) is 25.3 Å². The van der Waals surface area contributed by atoms with Gasteiger partial charge in [-0.2, -0.15) is 4.98 Å². The quantitative estimate of drug-likeness (QED) is 0.770. The Hall–Kier alpha value is -1.33. The number of ether oxygens (including phenoxy) is 2. The van der Waals surface area contributed by atoms with E-state index in [9.17, 15) is 0 Å². The molecule has 3 rings (SSSR count). The van der Waals surface area contributed by atoms with Gasteiger partial charge in [-0.3, -0.25) is 0 Å². The third-order valence-electron chi connectivity index (χ3n) is 4.32. The number of halogens is 1. The molecule has 2 aromatic rings. The highest BCUT2D eigenvalue weighted by Gasteiger charge is 2.38. The molecule has 0 atom stereocenters. The number of rotatable bonds is 6. The van der Waals surface area contributed by atoms with Gasteiger partial charge in [0.05, 0.1) is 19.3 Å². The minimum Gasteiger partial charge on any atom is -0.481 e. The zero-order valence-electron chi connectivity index (χ0n) is 12.4. The Balaban J connectivity index is 2.05. The fourth-order valence-corrected chi connectivity index (χ4v) is 3.04. The van der Waals surface area contributed by atoms with Crippen molar-refractivity contribution >= 4 is 22.8 Å². The number of aryl methyl sites for hydroxylation is 1. The number of hydrogen-bond donors (Lipinski definition) is 0. The van der Waals surface area contributed by atoms with Crippen molar-refractivity contribution in [1.82, 2.24) is 14.5 Å². The minimum absolute atomic E-state index is 0.0839. The van der Waals surface area contributed by atoms with Crippen molar-refractivity contribution in [3.05, 3.63) is 18.0 Å². The van der Waals surface area contributed by atoms with E-state index < -0.39 is 0 Å². The van der Waals surface area contributed by atoms with E-state index in [0.29, 0.717) is 11.8 Å². The van der Waals surface area contributed by atoms with Gasteiger partial charge in [0.1, 0.15) is 11.3 Å². The summed E-state index contributed by atoms with van der Waals surface area (Å²) in [7, 11) is 3.41. The molecule has 6 heteroatoms. The predicted octanol–water partition coefficient (Wildman–Crippen LogP) is 2.79. The second-order valence-corrected chi connectivity index (χ2v) is 5.87. The van der Waals surface area contributed by atoms with E-state index in [1.165, 1.54) is 6.42 Å². The maximum atomic E-state index is 5.92. The molecule has 0 aliphatic heterocycles. The molecule has 1 aliphatic carbocycles. The van der Waals surface area contributed by atoms with Crippen molar-refractivity contribution in [3.8, 4) is 5.88 Å². The maximum absolute atomic E-state index is 5.92. The van der Waals surface area contributed by atoms with Gasteiger partial charge in [-0.25, -0.2) is 4.98 Å². The summed E-state index contributed by atoms with van der Waals surface area (Å²) >= 11 is 5.92. The van der Waals surface area contributed by atoms with Crippen LogP contribution in [0, 0.1) is 0 Å². The molecule has 1 saturated carbocycles. The van der Waals surface area contributed by atoms with Crippen molar-refractivity contribution in [1.29, 1.82) is 0 Å². The SMILES string of the molecule is COc1ccc2nc(CCCl)n(CC3(OC)CCC3)c2n1. The van der Waals surface area contributed by atoms with Gasteiger partial charge in [-0.1, -0.05) is 0 Å². The molecule has 1 fully saturated rings. The first kappa shape index (κ1) is 14.6. The highest BCUT2D eigenvalue weighted by atomic mass is 35.5. The summed E-state index contributed by atoms with van der Waals surface area (Å²) in [5.74, 6) is 2.10. The lowest BCUT2D eigenvalue weighted by Gasteiger charge is -2.41. The Morgan fingerprint density at radius 3 is 2.67 bits per heavy atom. The molecular weight excluding hydrogens is 290 g/mol. The van der Waals surface area contributed by atoms with Crippen LogP contribution in [0.2, 0.25) is 0 Å². The Morgan fingerprint density at radius 1 is 1.29 bits per heavy atom. The first-order chi connectivity index (χ1) is 10.2. The van der Waals surface area contributed by atoms with Crippen LogP contribution in [-0.2, 0) is 17.7 Å². The van der Waals surface area contributed by atoms with Crippen molar-refractivity contribution < 1.29 is 9.47 Å². The molecule has 1 aliphatic rings. The topological polar surface area (TPSA) is 49.2 Å². The molecule has 5 nitrogen and oxygen atoms in total. The van der Waals surface area contributed by atoms with E-state index in [2.05, 4.69) is 14.5 Å². The van der Waals surface area contributed by atoms with E-state index >= 15 is 0 Å². The standard InChI is InChI=1S/C15H20ClN3O2/c1-20-13-5-4-11-14(18-13)19(12(17-11)6-9-16)10-15(21-2)7-3-8-15/h4-5H,3,6-10H2,1-2H3. The molecule has 0 unspecified atom stereocenters. The smallest absolute Gasteiger partial charge is 0.215 e. The number of nitrogens with zero attached hydrogens (tertiary/aromatic N) is 3. The highest BCUT2D eigenvalue weighted by molar-refractivity contribution is 6.17. The zero-order chi connectivity index (χ0) is 14.9. The predicted molar refractivity (Wildman–Crippen MR) is 82.1 cm³/mol. The summed E-state index contributed by atoms with van der Waals surface area (Å²) in [6.45, 7) is 0.770. The van der Waals surface area contributed by atoms with Gasteiger partial charge >= 0.3 is 0 Å². The van der Waals surface area contributed by atoms with Crippen LogP contribution in [0.15, 0.2) is 12.1 Å². The first-order valence-electron chi connectivity index (χ1n) is 7.22. The van der Waals surface area contributed by atoms with E-state index in [1.807, 2.05) is 12.1 Å². The molecule has 2 heterocycles. The van der Waals surface area contributed by atoms with E-state index in [0.717, 1.165) is 42.8 Å². The van der Waals surface area contributed by atoms with Crippen molar-refractivity contribution in [2.24, 2.45) is 0 Å². The maximum Gasteiger partial charge on any atom is 0.215 e. The van der Waals surface area contributed by atoms with Gasteiger partial charge in [-0.15, -0.1) is 11.6 Å². The average Bonchev–Trinajstić information content (AvgIpc) is 2.80. The second-order valence-electron chi connectivity index (χ2n) is 5.49. The molecule has 0 spiro atoms. The molecule has 0 amide bonds. The Morgan fingerprint density at radius 2 is 2.10 bits per heavy atom. The molecule has 114 valence electrons. The third kappa shape index (κ3) is 2.60. The zero-order valence-corrected chi connectivity index (χ0v) is 13.2. The summed E-state index contributed by atoms with van der Waals surface area (Å²) in [6, 6.07) is 3.77. The summed E-state index contributed by atoms with van der Waals surface area (Å²) in [4.78, 5) is 9.21. The highest BCUT2D eigenvalue weighted by Crippen LogP contribution is 2.37. The minimum atomic E-state index is -0.0839. The Kier molecular flexibility index (Phi) is 4.04. The van der Waals surface area contributed by atoms with Crippen LogP contribution in [0.3, 0.4) is 0 Å². The van der Waals surface area contributed by atoms with E-state index in [-0.39, 0.29) is 5.60 Å². The third-order valence-corrected chi connectivity index (χ3v) is 4.51. The van der Waals surface area contributed by atoms with Crippen molar-refractivity contribution in [3.63, 3.8) is 0 Å². The van der Waals surface area contributed by atoms with Crippen LogP contribution in [0.1, 0.15) is 25.1 Å². The summed E-state index contributed by atoms with van der Waals surface area (Å²) in [5.41, 5.74) is 1.64. The van der Waals surface area contributed by atoms with Gasteiger partial charge in [0, 0.05) is 25.5 Å². The molecule has 0 saturated heterocycles. The summed E-state index contributed by atoms with van der Waals surface area (Å²) < 4.78 is 13.1. The van der Waals surface area contributed by atoms with Crippen LogP contribution < -0.4 is 4.74 Å². The number of methoxy groups -OCH3 is 2. The fourth-order valence-electron chi connectivity index (χ4n) is 2.87. The van der Waals surface area contributed by atoms with Gasteiger partial charge in [0.15, 0.2) is 5.65 Å². The van der Waals surface area contributed by atoms with Gasteiger partial charge < -0.3 is 14.0 Å². The Labute approximate surface area is 129 Å². The number of hydrogen-bond acceptors (Lipinski definition) is 4. The Bertz CT molecular complexity index is 632. The average molecular weight is 310 g/mol. The second kappa shape index (κ2) is 5.81. The molecular formula is C15H20ClN3O2. The van der Waals surface area contributed by atoms with Crippen LogP contribution in [0.4, 0.5) is 0 Å². The van der Waals surface area contributed by atoms with Crippen molar-refractivity contribution in [2.75, 3.05) is 20.1 Å². The lowest BCUT2D eigenvalue weighted by Crippen LogP contribution is -2.43. The summed E-state index contributed by atoms with van der Waals surface area (Å²) in [6.07, 6.45) is 4.09. The number of fused-ring (bicyclic) bond motifs is 1. The molecule has 2 aromatic heterocycles. The van der Waals surface area contributed by atoms with Crippen molar-refractivity contribution in [2.45, 2.75) is 37.8 Å². The van der Waals surface area contributed by atoms with E-state index in [1.54, 1.807) is 14.2 Å². The van der Waals surface area contributed by atoms with Crippen LogP contribution in [0.5, 0.6) is 5.88 Å². The lowest BCUT2D eigenvalue weighted by molar-refractivity contribution is -0.0833. The molecule has 0 N–H and O–H groups in total. The van der Waals surface area contributed by atoms with Gasteiger partial charge in [0.25, 0.3) is 0 Å². The largest absolute Gasteiger partial charge is 0.481 e. The summed E-state index contributed by atoms with van der Waals surface area (Å²) in [5, 5.41) is 0. The fraction of sp³-hybridized carbons (Fsp3) is 0.600. The number of imidazole rings is 1. The lowest BCUT2D eigenvalue weighted by atomic mass is 9.80. The van der Waals surface area contributed by atoms with Gasteiger partial charge in [0.2, 0.25) is 5.88 Å². The molecule has 0 bridgehead atoms. The van der Waals surface area contributed by atoms with E-state index in [4.69, 9.17) is 21.1 Å². The monoisotopic (exact) mass is 309 g/mol. The molecule has 0 aromatic carbocycles. The molecule has 0 radical (unpaired) electrons. The first-order valence-corrected chi connectivity index (χ1v) is 7.76. The number of pyridine rings is 1. The van der Waals surface area contributed by atoms with Crippen LogP contribution in [-0.4, -0.2) is 40.2 Å². The van der Waals surface area contributed by atoms with Crippen LogP contribution in [0.25, 0.3) is 11.2 Å². The number of aromatic nitrogens is 3.